The SMILES string of the molecule is CCCCCCCCCCCCS(=O)(=O)NC(CO)CCCCCC. The Bertz CT molecular complexity index is 371. The molecule has 0 saturated heterocycles. The zero-order chi connectivity index (χ0) is 18.8. The number of rotatable bonds is 19. The van der Waals surface area contributed by atoms with Crippen LogP contribution in [0.1, 0.15) is 110 Å². The van der Waals surface area contributed by atoms with Crippen LogP contribution in [-0.2, 0) is 10.0 Å². The van der Waals surface area contributed by atoms with Crippen molar-refractivity contribution in [3.05, 3.63) is 0 Å². The fraction of sp³-hybridized carbons (Fsp3) is 1.00. The Hall–Kier alpha value is -0.130. The van der Waals surface area contributed by atoms with E-state index >= 15 is 0 Å². The molecule has 1 unspecified atom stereocenters. The van der Waals surface area contributed by atoms with E-state index in [1.165, 1.54) is 51.4 Å². The van der Waals surface area contributed by atoms with Crippen molar-refractivity contribution < 1.29 is 13.5 Å². The summed E-state index contributed by atoms with van der Waals surface area (Å²) in [5.41, 5.74) is 0. The van der Waals surface area contributed by atoms with Gasteiger partial charge in [0.1, 0.15) is 0 Å². The van der Waals surface area contributed by atoms with Crippen LogP contribution in [0.2, 0.25) is 0 Å². The molecule has 152 valence electrons. The molecule has 0 aromatic heterocycles. The third-order valence-electron chi connectivity index (χ3n) is 4.74. The Morgan fingerprint density at radius 3 is 1.64 bits per heavy atom. The van der Waals surface area contributed by atoms with E-state index < -0.39 is 10.0 Å². The van der Waals surface area contributed by atoms with Crippen LogP contribution in [0.25, 0.3) is 0 Å². The van der Waals surface area contributed by atoms with Gasteiger partial charge in [0.15, 0.2) is 0 Å². The molecular formula is C20H43NO3S. The molecule has 0 aromatic rings. The highest BCUT2D eigenvalue weighted by Gasteiger charge is 2.16. The van der Waals surface area contributed by atoms with Crippen LogP contribution in [0.5, 0.6) is 0 Å². The molecule has 0 saturated carbocycles. The molecule has 0 fully saturated rings. The van der Waals surface area contributed by atoms with Crippen LogP contribution in [0.4, 0.5) is 0 Å². The van der Waals surface area contributed by atoms with Crippen molar-refractivity contribution in [2.45, 2.75) is 116 Å². The largest absolute Gasteiger partial charge is 0.395 e. The molecular weight excluding hydrogens is 334 g/mol. The van der Waals surface area contributed by atoms with E-state index in [9.17, 15) is 13.5 Å². The van der Waals surface area contributed by atoms with Crippen LogP contribution in [-0.4, -0.2) is 31.9 Å². The lowest BCUT2D eigenvalue weighted by atomic mass is 10.1. The van der Waals surface area contributed by atoms with Crippen LogP contribution in [0.15, 0.2) is 0 Å². The van der Waals surface area contributed by atoms with Crippen molar-refractivity contribution in [3.63, 3.8) is 0 Å². The molecule has 0 spiro atoms. The minimum Gasteiger partial charge on any atom is -0.395 e. The van der Waals surface area contributed by atoms with Crippen molar-refractivity contribution in [3.8, 4) is 0 Å². The highest BCUT2D eigenvalue weighted by Crippen LogP contribution is 2.11. The first-order chi connectivity index (χ1) is 12.1. The molecule has 0 amide bonds. The average molecular weight is 378 g/mol. The quantitative estimate of drug-likeness (QED) is 0.306. The number of sulfonamides is 1. The molecule has 1 atom stereocenters. The summed E-state index contributed by atoms with van der Waals surface area (Å²) >= 11 is 0. The second-order valence-corrected chi connectivity index (χ2v) is 9.22. The van der Waals surface area contributed by atoms with Crippen LogP contribution in [0, 0.1) is 0 Å². The zero-order valence-corrected chi connectivity index (χ0v) is 17.6. The number of aliphatic hydroxyl groups excluding tert-OH is 1. The molecule has 0 heterocycles. The number of aliphatic hydroxyl groups is 1. The first-order valence-electron chi connectivity index (χ1n) is 10.7. The lowest BCUT2D eigenvalue weighted by Gasteiger charge is -2.16. The maximum atomic E-state index is 12.1. The summed E-state index contributed by atoms with van der Waals surface area (Å²) in [6.07, 6.45) is 17.1. The van der Waals surface area contributed by atoms with E-state index in [4.69, 9.17) is 0 Å². The first kappa shape index (κ1) is 24.9. The molecule has 0 radical (unpaired) electrons. The summed E-state index contributed by atoms with van der Waals surface area (Å²) in [4.78, 5) is 0. The topological polar surface area (TPSA) is 66.4 Å². The Balaban J connectivity index is 3.67. The summed E-state index contributed by atoms with van der Waals surface area (Å²) in [6, 6.07) is -0.315. The van der Waals surface area contributed by atoms with Gasteiger partial charge >= 0.3 is 0 Å². The summed E-state index contributed by atoms with van der Waals surface area (Å²) in [7, 11) is -3.25. The second kappa shape index (κ2) is 17.3. The summed E-state index contributed by atoms with van der Waals surface area (Å²) in [5.74, 6) is 0.189. The molecule has 25 heavy (non-hydrogen) atoms. The van der Waals surface area contributed by atoms with Crippen molar-refractivity contribution in [1.29, 1.82) is 0 Å². The smallest absolute Gasteiger partial charge is 0.211 e. The molecule has 0 aliphatic carbocycles. The summed E-state index contributed by atoms with van der Waals surface area (Å²) in [5, 5.41) is 9.36. The van der Waals surface area contributed by atoms with E-state index in [0.29, 0.717) is 0 Å². The standard InChI is InChI=1S/C20H43NO3S/c1-3-5-7-9-10-11-12-13-14-16-18-25(23,24)21-20(19-22)17-15-8-6-4-2/h20-22H,3-19H2,1-2H3. The van der Waals surface area contributed by atoms with Gasteiger partial charge in [0.25, 0.3) is 0 Å². The lowest BCUT2D eigenvalue weighted by molar-refractivity contribution is 0.247. The predicted octanol–water partition coefficient (Wildman–Crippen LogP) is 5.16. The van der Waals surface area contributed by atoms with Gasteiger partial charge in [0.05, 0.1) is 12.4 Å². The third kappa shape index (κ3) is 17.1. The molecule has 0 aliphatic rings. The van der Waals surface area contributed by atoms with E-state index in [-0.39, 0.29) is 18.4 Å². The first-order valence-corrected chi connectivity index (χ1v) is 12.3. The van der Waals surface area contributed by atoms with Gasteiger partial charge in [-0.1, -0.05) is 97.3 Å². The Morgan fingerprint density at radius 2 is 1.16 bits per heavy atom. The van der Waals surface area contributed by atoms with Gasteiger partial charge in [-0.25, -0.2) is 13.1 Å². The van der Waals surface area contributed by atoms with Gasteiger partial charge in [-0.3, -0.25) is 0 Å². The van der Waals surface area contributed by atoms with Crippen LogP contribution < -0.4 is 4.72 Å². The molecule has 0 aromatic carbocycles. The number of nitrogens with one attached hydrogen (secondary N) is 1. The third-order valence-corrected chi connectivity index (χ3v) is 6.26. The Kier molecular flexibility index (Phi) is 17.2. The summed E-state index contributed by atoms with van der Waals surface area (Å²) in [6.45, 7) is 4.28. The van der Waals surface area contributed by atoms with Gasteiger partial charge in [-0.05, 0) is 12.8 Å². The monoisotopic (exact) mass is 377 g/mol. The number of unbranched alkanes of at least 4 members (excludes halogenated alkanes) is 12. The normalized spacial score (nSPS) is 13.2. The summed E-state index contributed by atoms with van der Waals surface area (Å²) < 4.78 is 26.9. The Morgan fingerprint density at radius 1 is 0.720 bits per heavy atom. The minimum atomic E-state index is -3.25. The van der Waals surface area contributed by atoms with Crippen molar-refractivity contribution in [2.24, 2.45) is 0 Å². The van der Waals surface area contributed by atoms with Gasteiger partial charge in [0, 0.05) is 6.04 Å². The average Bonchev–Trinajstić information content (AvgIpc) is 2.59. The highest BCUT2D eigenvalue weighted by molar-refractivity contribution is 7.89. The van der Waals surface area contributed by atoms with Gasteiger partial charge in [0.2, 0.25) is 10.0 Å². The number of hydrogen-bond acceptors (Lipinski definition) is 3. The number of hydrogen-bond donors (Lipinski definition) is 2. The second-order valence-electron chi connectivity index (χ2n) is 7.35. The van der Waals surface area contributed by atoms with E-state index in [1.54, 1.807) is 0 Å². The minimum absolute atomic E-state index is 0.108. The molecule has 0 bridgehead atoms. The van der Waals surface area contributed by atoms with E-state index in [2.05, 4.69) is 18.6 Å². The van der Waals surface area contributed by atoms with Crippen LogP contribution in [0.3, 0.4) is 0 Å². The maximum absolute atomic E-state index is 12.1. The Labute approximate surface area is 157 Å². The maximum Gasteiger partial charge on any atom is 0.211 e. The predicted molar refractivity (Wildman–Crippen MR) is 108 cm³/mol. The van der Waals surface area contributed by atoms with Crippen molar-refractivity contribution in [1.82, 2.24) is 4.72 Å². The van der Waals surface area contributed by atoms with Crippen molar-refractivity contribution >= 4 is 10.0 Å². The van der Waals surface area contributed by atoms with E-state index in [0.717, 1.165) is 44.9 Å². The van der Waals surface area contributed by atoms with Gasteiger partial charge < -0.3 is 5.11 Å². The molecule has 4 nitrogen and oxygen atoms in total. The highest BCUT2D eigenvalue weighted by atomic mass is 32.2. The molecule has 5 heteroatoms. The lowest BCUT2D eigenvalue weighted by Crippen LogP contribution is -2.38. The fourth-order valence-electron chi connectivity index (χ4n) is 3.10. The van der Waals surface area contributed by atoms with Crippen LogP contribution >= 0.6 is 0 Å². The molecule has 2 N–H and O–H groups in total. The molecule has 0 aliphatic heterocycles. The fourth-order valence-corrected chi connectivity index (χ4v) is 4.50. The zero-order valence-electron chi connectivity index (χ0n) is 16.8. The van der Waals surface area contributed by atoms with Crippen molar-refractivity contribution in [2.75, 3.05) is 12.4 Å². The van der Waals surface area contributed by atoms with Gasteiger partial charge in [-0.2, -0.15) is 0 Å². The van der Waals surface area contributed by atoms with Gasteiger partial charge in [-0.15, -0.1) is 0 Å². The van der Waals surface area contributed by atoms with E-state index in [1.807, 2.05) is 0 Å². The molecule has 0 rings (SSSR count).